The Morgan fingerprint density at radius 3 is 2.71 bits per heavy atom. The molecule has 4 aliphatic rings. The van der Waals surface area contributed by atoms with Gasteiger partial charge in [-0.2, -0.15) is 0 Å². The van der Waals surface area contributed by atoms with Gasteiger partial charge in [-0.05, 0) is 60.9 Å². The van der Waals surface area contributed by atoms with Crippen LogP contribution in [0.3, 0.4) is 0 Å². The number of fused-ring (bicyclic) bond motifs is 4. The van der Waals surface area contributed by atoms with Crippen molar-refractivity contribution in [2.24, 2.45) is 5.92 Å². The summed E-state index contributed by atoms with van der Waals surface area (Å²) in [6.45, 7) is 1.18. The summed E-state index contributed by atoms with van der Waals surface area (Å²) in [4.78, 5) is 27.4. The number of anilines is 1. The van der Waals surface area contributed by atoms with Gasteiger partial charge in [-0.25, -0.2) is 0 Å². The molecule has 0 aromatic heterocycles. The van der Waals surface area contributed by atoms with Gasteiger partial charge < -0.3 is 24.8 Å². The average Bonchev–Trinajstić information content (AvgIpc) is 3.61. The van der Waals surface area contributed by atoms with Crippen LogP contribution in [0.1, 0.15) is 54.7 Å². The predicted molar refractivity (Wildman–Crippen MR) is 130 cm³/mol. The second-order valence-corrected chi connectivity index (χ2v) is 10.4. The molecule has 0 radical (unpaired) electrons. The van der Waals surface area contributed by atoms with Crippen molar-refractivity contribution in [3.8, 4) is 5.75 Å². The summed E-state index contributed by atoms with van der Waals surface area (Å²) in [5, 5.41) is 13.1. The number of carbonyl (C=O) groups is 2. The Morgan fingerprint density at radius 2 is 1.91 bits per heavy atom. The maximum atomic E-state index is 13.2. The van der Waals surface area contributed by atoms with E-state index in [-0.39, 0.29) is 43.0 Å². The van der Waals surface area contributed by atoms with Crippen LogP contribution in [0, 0.1) is 5.92 Å². The Balaban J connectivity index is 1.14. The number of rotatable bonds is 6. The molecule has 2 aromatic carbocycles. The predicted octanol–water partition coefficient (Wildman–Crippen LogP) is 3.39. The Bertz CT molecular complexity index is 1130. The van der Waals surface area contributed by atoms with Gasteiger partial charge in [0.15, 0.2) is 0 Å². The number of benzene rings is 2. The highest BCUT2D eigenvalue weighted by atomic mass is 16.6. The van der Waals surface area contributed by atoms with Crippen LogP contribution in [0.2, 0.25) is 0 Å². The van der Waals surface area contributed by atoms with Gasteiger partial charge in [-0.15, -0.1) is 0 Å². The van der Waals surface area contributed by atoms with Crippen LogP contribution in [0.5, 0.6) is 5.75 Å². The van der Waals surface area contributed by atoms with Crippen molar-refractivity contribution in [2.75, 3.05) is 18.5 Å². The second kappa shape index (κ2) is 9.28. The SMILES string of the molecule is O=C(CC1CC1)Nc1ccc2c(c1)[C@H]1C[C@H](CC(=O)N3CCc4ccccc4C3)O[C@@H](CO)[C@H]1O2. The van der Waals surface area contributed by atoms with E-state index in [1.54, 1.807) is 0 Å². The standard InChI is InChI=1S/C28H32N2O5/c31-16-25-28-23(22-12-20(7-8-24(22)35-28)29-26(32)11-17-5-6-17)13-21(34-25)14-27(33)30-10-9-18-3-1-2-4-19(18)15-30/h1-4,7-8,12,17,21,23,25,28,31H,5-6,9-11,13-16H2,(H,29,32)/t21-,23-,25+,28+/m1/s1. The Hall–Kier alpha value is -2.90. The van der Waals surface area contributed by atoms with E-state index in [1.165, 1.54) is 11.1 Å². The molecule has 3 aliphatic heterocycles. The lowest BCUT2D eigenvalue weighted by Crippen LogP contribution is -2.48. The van der Waals surface area contributed by atoms with Gasteiger partial charge in [0, 0.05) is 36.7 Å². The van der Waals surface area contributed by atoms with E-state index in [0.29, 0.717) is 31.8 Å². The minimum atomic E-state index is -0.492. The third-order valence-corrected chi connectivity index (χ3v) is 7.84. The highest BCUT2D eigenvalue weighted by molar-refractivity contribution is 5.91. The highest BCUT2D eigenvalue weighted by Crippen LogP contribution is 2.47. The van der Waals surface area contributed by atoms with Crippen molar-refractivity contribution >= 4 is 17.5 Å². The fraction of sp³-hybridized carbons (Fsp3) is 0.500. The van der Waals surface area contributed by atoms with Crippen molar-refractivity contribution in [3.05, 3.63) is 59.2 Å². The summed E-state index contributed by atoms with van der Waals surface area (Å²) < 4.78 is 12.3. The molecule has 0 spiro atoms. The van der Waals surface area contributed by atoms with Gasteiger partial charge in [0.1, 0.15) is 18.0 Å². The average molecular weight is 477 g/mol. The van der Waals surface area contributed by atoms with Crippen LogP contribution >= 0.6 is 0 Å². The first-order valence-corrected chi connectivity index (χ1v) is 12.8. The van der Waals surface area contributed by atoms with Gasteiger partial charge in [0.2, 0.25) is 11.8 Å². The van der Waals surface area contributed by atoms with Crippen molar-refractivity contribution in [2.45, 2.75) is 69.3 Å². The summed E-state index contributed by atoms with van der Waals surface area (Å²) in [5.41, 5.74) is 4.31. The molecule has 0 bridgehead atoms. The summed E-state index contributed by atoms with van der Waals surface area (Å²) in [6.07, 6.45) is 3.58. The lowest BCUT2D eigenvalue weighted by Gasteiger charge is -2.38. The van der Waals surface area contributed by atoms with Crippen molar-refractivity contribution in [1.29, 1.82) is 0 Å². The van der Waals surface area contributed by atoms with Gasteiger partial charge >= 0.3 is 0 Å². The molecule has 0 unspecified atom stereocenters. The number of hydrogen-bond donors (Lipinski definition) is 2. The number of amides is 2. The van der Waals surface area contributed by atoms with Gasteiger partial charge in [0.05, 0.1) is 19.1 Å². The van der Waals surface area contributed by atoms with Gasteiger partial charge in [-0.1, -0.05) is 24.3 Å². The van der Waals surface area contributed by atoms with Gasteiger partial charge in [-0.3, -0.25) is 9.59 Å². The van der Waals surface area contributed by atoms with Crippen molar-refractivity contribution in [1.82, 2.24) is 4.90 Å². The molecule has 1 saturated carbocycles. The molecular formula is C28H32N2O5. The number of carbonyl (C=O) groups excluding carboxylic acids is 2. The molecular weight excluding hydrogens is 444 g/mol. The quantitative estimate of drug-likeness (QED) is 0.667. The maximum Gasteiger partial charge on any atom is 0.225 e. The molecule has 35 heavy (non-hydrogen) atoms. The minimum absolute atomic E-state index is 0.0102. The molecule has 184 valence electrons. The first-order valence-electron chi connectivity index (χ1n) is 12.8. The lowest BCUT2D eigenvalue weighted by atomic mass is 9.84. The number of nitrogens with one attached hydrogen (secondary N) is 1. The summed E-state index contributed by atoms with van der Waals surface area (Å²) in [5.74, 6) is 1.44. The van der Waals surface area contributed by atoms with E-state index in [9.17, 15) is 14.7 Å². The zero-order chi connectivity index (χ0) is 23.9. The van der Waals surface area contributed by atoms with E-state index in [2.05, 4.69) is 17.4 Å². The molecule has 7 nitrogen and oxygen atoms in total. The number of nitrogens with zero attached hydrogens (tertiary/aromatic N) is 1. The molecule has 2 aromatic rings. The Labute approximate surface area is 205 Å². The first-order chi connectivity index (χ1) is 17.1. The van der Waals surface area contributed by atoms with E-state index in [0.717, 1.165) is 36.3 Å². The van der Waals surface area contributed by atoms with E-state index in [1.807, 2.05) is 35.2 Å². The smallest absolute Gasteiger partial charge is 0.225 e. The van der Waals surface area contributed by atoms with Crippen LogP contribution in [0.15, 0.2) is 42.5 Å². The monoisotopic (exact) mass is 476 g/mol. The van der Waals surface area contributed by atoms with Crippen LogP contribution in [-0.2, 0) is 27.3 Å². The first kappa shape index (κ1) is 22.6. The zero-order valence-corrected chi connectivity index (χ0v) is 19.8. The summed E-state index contributed by atoms with van der Waals surface area (Å²) in [7, 11) is 0. The molecule has 1 aliphatic carbocycles. The van der Waals surface area contributed by atoms with E-state index in [4.69, 9.17) is 9.47 Å². The van der Waals surface area contributed by atoms with Crippen LogP contribution in [0.4, 0.5) is 5.69 Å². The van der Waals surface area contributed by atoms with E-state index < -0.39 is 6.10 Å². The van der Waals surface area contributed by atoms with Gasteiger partial charge in [0.25, 0.3) is 0 Å². The second-order valence-electron chi connectivity index (χ2n) is 10.4. The normalized spacial score (nSPS) is 26.8. The Kier molecular flexibility index (Phi) is 5.98. The molecule has 7 heteroatoms. The van der Waals surface area contributed by atoms with E-state index >= 15 is 0 Å². The maximum absolute atomic E-state index is 13.2. The zero-order valence-electron chi connectivity index (χ0n) is 19.8. The molecule has 4 atom stereocenters. The van der Waals surface area contributed by atoms with Crippen LogP contribution < -0.4 is 10.1 Å². The van der Waals surface area contributed by atoms with Crippen molar-refractivity contribution < 1.29 is 24.2 Å². The molecule has 2 amide bonds. The fourth-order valence-corrected chi connectivity index (χ4v) is 5.80. The minimum Gasteiger partial charge on any atom is -0.487 e. The summed E-state index contributed by atoms with van der Waals surface area (Å²) in [6, 6.07) is 14.0. The van der Waals surface area contributed by atoms with Crippen molar-refractivity contribution in [3.63, 3.8) is 0 Å². The molecule has 1 saturated heterocycles. The lowest BCUT2D eigenvalue weighted by molar-refractivity contribution is -0.149. The topological polar surface area (TPSA) is 88.1 Å². The third kappa shape index (κ3) is 4.67. The third-order valence-electron chi connectivity index (χ3n) is 7.84. The Morgan fingerprint density at radius 1 is 1.09 bits per heavy atom. The number of aliphatic hydroxyl groups excluding tert-OH is 1. The molecule has 6 rings (SSSR count). The van der Waals surface area contributed by atoms with Crippen LogP contribution in [-0.4, -0.2) is 53.3 Å². The number of aliphatic hydroxyl groups is 1. The molecule has 2 N–H and O–H groups in total. The molecule has 3 heterocycles. The largest absolute Gasteiger partial charge is 0.487 e. The molecule has 2 fully saturated rings. The number of ether oxygens (including phenoxy) is 2. The van der Waals surface area contributed by atoms with Crippen LogP contribution in [0.25, 0.3) is 0 Å². The highest BCUT2D eigenvalue weighted by Gasteiger charge is 2.46. The number of hydrogen-bond acceptors (Lipinski definition) is 5. The summed E-state index contributed by atoms with van der Waals surface area (Å²) >= 11 is 0. The fourth-order valence-electron chi connectivity index (χ4n) is 5.80.